The highest BCUT2D eigenvalue weighted by Crippen LogP contribution is 2.40. The van der Waals surface area contributed by atoms with Crippen LogP contribution in [0.2, 0.25) is 0 Å². The van der Waals surface area contributed by atoms with E-state index in [2.05, 4.69) is 6.92 Å². The number of pyridine rings is 3. The van der Waals surface area contributed by atoms with Crippen LogP contribution in [0.3, 0.4) is 0 Å². The molecule has 0 saturated carbocycles. The average molecular weight is 517 g/mol. The molecular weight excluding hydrogens is 489 g/mol. The number of hydrogen-bond acceptors (Lipinski definition) is 6. The Balaban J connectivity index is 1.39. The van der Waals surface area contributed by atoms with Gasteiger partial charge in [0.2, 0.25) is 6.20 Å². The van der Waals surface area contributed by atoms with Gasteiger partial charge in [0.25, 0.3) is 5.56 Å². The topological polar surface area (TPSA) is 94.5 Å². The number of carbonyl (C=O) groups is 1. The molecular formula is C29H27FN3O5+. The maximum Gasteiger partial charge on any atom is 0.343 e. The van der Waals surface area contributed by atoms with Gasteiger partial charge in [0.05, 0.1) is 29.0 Å². The summed E-state index contributed by atoms with van der Waals surface area (Å²) < 4.78 is 28.0. The number of halogens is 1. The van der Waals surface area contributed by atoms with Crippen LogP contribution in [0.15, 0.2) is 53.6 Å². The molecule has 0 bridgehead atoms. The number of esters is 1. The Labute approximate surface area is 217 Å². The van der Waals surface area contributed by atoms with Gasteiger partial charge in [-0.2, -0.15) is 4.57 Å². The summed E-state index contributed by atoms with van der Waals surface area (Å²) in [5, 5.41) is 12.0. The summed E-state index contributed by atoms with van der Waals surface area (Å²) >= 11 is 0. The van der Waals surface area contributed by atoms with E-state index in [1.54, 1.807) is 34.4 Å². The molecule has 0 radical (unpaired) electrons. The first-order valence-corrected chi connectivity index (χ1v) is 12.7. The second-order valence-corrected chi connectivity index (χ2v) is 9.66. The molecule has 9 heteroatoms. The monoisotopic (exact) mass is 516 g/mol. The Kier molecular flexibility index (Phi) is 5.75. The van der Waals surface area contributed by atoms with Crippen LogP contribution < -0.4 is 14.9 Å². The van der Waals surface area contributed by atoms with Gasteiger partial charge in [-0.25, -0.2) is 14.2 Å². The lowest BCUT2D eigenvalue weighted by Gasteiger charge is -2.31. The number of aryl methyl sites for hydroxylation is 1. The van der Waals surface area contributed by atoms with Crippen LogP contribution >= 0.6 is 0 Å². The number of ether oxygens (including phenoxy) is 2. The minimum Gasteiger partial charge on any atom is -0.487 e. The number of carbonyl (C=O) groups excluding carboxylic acids is 1. The van der Waals surface area contributed by atoms with Gasteiger partial charge in [-0.1, -0.05) is 13.8 Å². The van der Waals surface area contributed by atoms with Gasteiger partial charge in [0, 0.05) is 22.6 Å². The molecule has 4 aromatic rings. The van der Waals surface area contributed by atoms with Crippen LogP contribution in [0.25, 0.3) is 22.3 Å². The molecule has 0 aliphatic carbocycles. The molecule has 0 saturated heterocycles. The van der Waals surface area contributed by atoms with Crippen molar-refractivity contribution in [2.75, 3.05) is 6.61 Å². The van der Waals surface area contributed by atoms with Gasteiger partial charge in [0.1, 0.15) is 19.0 Å². The molecule has 1 aromatic carbocycles. The molecule has 0 spiro atoms. The standard InChI is InChI=1S/C29H27FN3O5/c1-3-19-20-12-18(37-11-10-32-9-5-6-17(30)14-32)7-8-24(20)31-26-21(19)15-33-25(26)13-23-22(27(33)34)16-38-28(35)29(23,36)4-2/h5-9,12-14,36H,3-4,10-11,15-16H2,1-2H3/q+1/t29-/m0/s1. The van der Waals surface area contributed by atoms with Crippen molar-refractivity contribution in [3.8, 4) is 17.1 Å². The van der Waals surface area contributed by atoms with E-state index in [1.807, 2.05) is 18.2 Å². The number of hydrogen-bond donors (Lipinski definition) is 1. The third kappa shape index (κ3) is 3.68. The van der Waals surface area contributed by atoms with E-state index in [-0.39, 0.29) is 24.4 Å². The molecule has 38 heavy (non-hydrogen) atoms. The van der Waals surface area contributed by atoms with E-state index >= 15 is 0 Å². The summed E-state index contributed by atoms with van der Waals surface area (Å²) in [5.74, 6) is -0.359. The smallest absolute Gasteiger partial charge is 0.343 e. The van der Waals surface area contributed by atoms with Crippen molar-refractivity contribution in [3.63, 3.8) is 0 Å². The Bertz CT molecular complexity index is 1680. The highest BCUT2D eigenvalue weighted by atomic mass is 19.1. The fourth-order valence-electron chi connectivity index (χ4n) is 5.53. The van der Waals surface area contributed by atoms with Crippen molar-refractivity contribution in [1.29, 1.82) is 0 Å². The zero-order valence-corrected chi connectivity index (χ0v) is 21.2. The van der Waals surface area contributed by atoms with E-state index in [1.165, 1.54) is 12.3 Å². The number of benzene rings is 1. The third-order valence-electron chi connectivity index (χ3n) is 7.57. The molecule has 6 rings (SSSR count). The van der Waals surface area contributed by atoms with Crippen molar-refractivity contribution in [2.45, 2.75) is 52.0 Å². The summed E-state index contributed by atoms with van der Waals surface area (Å²) in [6, 6.07) is 10.5. The van der Waals surface area contributed by atoms with Gasteiger partial charge in [-0.3, -0.25) is 4.79 Å². The van der Waals surface area contributed by atoms with E-state index in [0.717, 1.165) is 22.0 Å². The Morgan fingerprint density at radius 3 is 2.82 bits per heavy atom. The fourth-order valence-corrected chi connectivity index (χ4v) is 5.53. The second-order valence-electron chi connectivity index (χ2n) is 9.66. The van der Waals surface area contributed by atoms with Gasteiger partial charge in [0.15, 0.2) is 24.2 Å². The molecule has 2 aliphatic rings. The first kappa shape index (κ1) is 24.2. The van der Waals surface area contributed by atoms with E-state index in [4.69, 9.17) is 14.5 Å². The highest BCUT2D eigenvalue weighted by Gasteiger charge is 2.45. The SMILES string of the molecule is CCc1c2c(nc3ccc(OCC[n+]4cccc(F)c4)cc13)-c1cc3c(c(=O)n1C2)COC(=O)[C@]3(O)CC. The van der Waals surface area contributed by atoms with E-state index in [9.17, 15) is 19.1 Å². The first-order valence-electron chi connectivity index (χ1n) is 12.7. The van der Waals surface area contributed by atoms with Crippen molar-refractivity contribution in [1.82, 2.24) is 9.55 Å². The normalized spacial score (nSPS) is 17.6. The van der Waals surface area contributed by atoms with Crippen molar-refractivity contribution in [3.05, 3.63) is 87.2 Å². The molecule has 0 amide bonds. The van der Waals surface area contributed by atoms with Crippen molar-refractivity contribution in [2.24, 2.45) is 0 Å². The first-order chi connectivity index (χ1) is 18.3. The minimum absolute atomic E-state index is 0.0977. The molecule has 1 atom stereocenters. The lowest BCUT2D eigenvalue weighted by Crippen LogP contribution is -2.44. The average Bonchev–Trinajstić information content (AvgIpc) is 3.28. The Morgan fingerprint density at radius 1 is 1.21 bits per heavy atom. The second kappa shape index (κ2) is 9.02. The maximum absolute atomic E-state index is 13.5. The molecule has 2 aliphatic heterocycles. The maximum atomic E-state index is 13.5. The number of nitrogens with zero attached hydrogens (tertiary/aromatic N) is 3. The van der Waals surface area contributed by atoms with E-state index < -0.39 is 11.6 Å². The lowest BCUT2D eigenvalue weighted by molar-refractivity contribution is -0.698. The van der Waals surface area contributed by atoms with Gasteiger partial charge in [-0.05, 0) is 48.7 Å². The number of fused-ring (bicyclic) bond motifs is 5. The zero-order valence-electron chi connectivity index (χ0n) is 21.2. The van der Waals surface area contributed by atoms with Gasteiger partial charge in [-0.15, -0.1) is 0 Å². The van der Waals surface area contributed by atoms with Gasteiger partial charge < -0.3 is 19.1 Å². The molecule has 1 N–H and O–H groups in total. The summed E-state index contributed by atoms with van der Waals surface area (Å²) in [7, 11) is 0. The predicted octanol–water partition coefficient (Wildman–Crippen LogP) is 3.15. The number of cyclic esters (lactones) is 1. The fraction of sp³-hybridized carbons (Fsp3) is 0.310. The minimum atomic E-state index is -1.86. The Morgan fingerprint density at radius 2 is 2.05 bits per heavy atom. The summed E-state index contributed by atoms with van der Waals surface area (Å²) in [6.45, 7) is 4.80. The molecule has 8 nitrogen and oxygen atoms in total. The molecule has 0 fully saturated rings. The molecule has 3 aromatic heterocycles. The highest BCUT2D eigenvalue weighted by molar-refractivity contribution is 5.90. The predicted molar refractivity (Wildman–Crippen MR) is 136 cm³/mol. The molecule has 5 heterocycles. The van der Waals surface area contributed by atoms with Crippen LogP contribution in [0.5, 0.6) is 5.75 Å². The number of aromatic nitrogens is 3. The van der Waals surface area contributed by atoms with E-state index in [0.29, 0.717) is 54.4 Å². The van der Waals surface area contributed by atoms with Crippen LogP contribution in [0, 0.1) is 5.82 Å². The molecule has 0 unspecified atom stereocenters. The van der Waals surface area contributed by atoms with Crippen LogP contribution in [0.1, 0.15) is 42.5 Å². The van der Waals surface area contributed by atoms with Crippen LogP contribution in [0.4, 0.5) is 4.39 Å². The molecule has 194 valence electrons. The quantitative estimate of drug-likeness (QED) is 0.275. The lowest BCUT2D eigenvalue weighted by atomic mass is 9.86. The largest absolute Gasteiger partial charge is 0.487 e. The van der Waals surface area contributed by atoms with Crippen LogP contribution in [-0.2, 0) is 41.2 Å². The zero-order chi connectivity index (χ0) is 26.6. The van der Waals surface area contributed by atoms with Crippen molar-refractivity contribution >= 4 is 16.9 Å². The number of rotatable bonds is 6. The number of aliphatic hydroxyl groups is 1. The Hall–Kier alpha value is -4.11. The third-order valence-corrected chi connectivity index (χ3v) is 7.57. The summed E-state index contributed by atoms with van der Waals surface area (Å²) in [5.41, 5.74) is 2.52. The van der Waals surface area contributed by atoms with Crippen LogP contribution in [-0.4, -0.2) is 27.2 Å². The summed E-state index contributed by atoms with van der Waals surface area (Å²) in [4.78, 5) is 30.8. The van der Waals surface area contributed by atoms with Crippen molar-refractivity contribution < 1.29 is 28.3 Å². The van der Waals surface area contributed by atoms with Gasteiger partial charge >= 0.3 is 5.97 Å². The summed E-state index contributed by atoms with van der Waals surface area (Å²) in [6.07, 6.45) is 4.02.